The summed E-state index contributed by atoms with van der Waals surface area (Å²) in [4.78, 5) is 0. The monoisotopic (exact) mass is 380 g/mol. The summed E-state index contributed by atoms with van der Waals surface area (Å²) in [5.41, 5.74) is 0. The van der Waals surface area contributed by atoms with Crippen LogP contribution in [0.3, 0.4) is 0 Å². The zero-order valence-corrected chi connectivity index (χ0v) is 15.4. The van der Waals surface area contributed by atoms with Crippen LogP contribution in [-0.4, -0.2) is 31.4 Å². The fourth-order valence-electron chi connectivity index (χ4n) is 2.45. The number of hydrogen-bond acceptors (Lipinski definition) is 2. The van der Waals surface area contributed by atoms with E-state index in [2.05, 4.69) is 23.3 Å². The van der Waals surface area contributed by atoms with E-state index in [0.29, 0.717) is 24.7 Å². The van der Waals surface area contributed by atoms with Gasteiger partial charge in [0.15, 0.2) is 5.79 Å². The van der Waals surface area contributed by atoms with Crippen molar-refractivity contribution in [2.24, 2.45) is 11.8 Å². The molecule has 0 bridgehead atoms. The van der Waals surface area contributed by atoms with Crippen LogP contribution in [0.1, 0.15) is 66.2 Å². The summed E-state index contributed by atoms with van der Waals surface area (Å²) in [6, 6.07) is 0. The Labute approximate surface area is 146 Å². The van der Waals surface area contributed by atoms with E-state index in [1.165, 1.54) is 0 Å². The zero-order valence-electron chi connectivity index (χ0n) is 15.4. The van der Waals surface area contributed by atoms with E-state index >= 15 is 0 Å². The van der Waals surface area contributed by atoms with Crippen molar-refractivity contribution in [1.82, 2.24) is 0 Å². The molecule has 0 aromatic heterocycles. The van der Waals surface area contributed by atoms with Gasteiger partial charge in [0.1, 0.15) is 13.2 Å². The molecule has 0 spiro atoms. The number of alkyl halides is 6. The molecule has 0 aliphatic heterocycles. The normalized spacial score (nSPS) is 15.0. The lowest BCUT2D eigenvalue weighted by Gasteiger charge is -2.31. The third-order valence-electron chi connectivity index (χ3n) is 3.89. The predicted octanol–water partition coefficient (Wildman–Crippen LogP) is 6.49. The van der Waals surface area contributed by atoms with E-state index in [9.17, 15) is 26.3 Å². The summed E-state index contributed by atoms with van der Waals surface area (Å²) < 4.78 is 83.1. The van der Waals surface area contributed by atoms with Gasteiger partial charge in [-0.05, 0) is 25.2 Å². The van der Waals surface area contributed by atoms with Gasteiger partial charge in [0.05, 0.1) is 0 Å². The SMILES string of the molecule is CC(C)CCC[C@@H](C)CCCC(C)(OCC(F)(F)F)OCC(F)(F)F. The van der Waals surface area contributed by atoms with Crippen LogP contribution in [0.2, 0.25) is 0 Å². The molecule has 0 N–H and O–H groups in total. The predicted molar refractivity (Wildman–Crippen MR) is 84.1 cm³/mol. The lowest BCUT2D eigenvalue weighted by Crippen LogP contribution is -2.39. The summed E-state index contributed by atoms with van der Waals surface area (Å²) in [7, 11) is 0. The molecule has 0 radical (unpaired) electrons. The van der Waals surface area contributed by atoms with Gasteiger partial charge in [-0.1, -0.05) is 46.5 Å². The van der Waals surface area contributed by atoms with Crippen LogP contribution < -0.4 is 0 Å². The van der Waals surface area contributed by atoms with Crippen LogP contribution in [0.4, 0.5) is 26.3 Å². The number of rotatable bonds is 12. The Balaban J connectivity index is 4.41. The van der Waals surface area contributed by atoms with Crippen LogP contribution in [0.5, 0.6) is 0 Å². The van der Waals surface area contributed by atoms with Gasteiger partial charge in [0.2, 0.25) is 0 Å². The highest BCUT2D eigenvalue weighted by atomic mass is 19.4. The van der Waals surface area contributed by atoms with Crippen molar-refractivity contribution in [3.63, 3.8) is 0 Å². The minimum atomic E-state index is -4.62. The molecule has 25 heavy (non-hydrogen) atoms. The van der Waals surface area contributed by atoms with Crippen molar-refractivity contribution in [2.75, 3.05) is 13.2 Å². The van der Waals surface area contributed by atoms with Crippen molar-refractivity contribution < 1.29 is 35.8 Å². The summed E-state index contributed by atoms with van der Waals surface area (Å²) in [5, 5.41) is 0. The third kappa shape index (κ3) is 15.5. The molecule has 0 aromatic rings. The standard InChI is InChI=1S/C17H30F6O2/c1-13(2)7-5-8-14(3)9-6-10-15(4,24-11-16(18,19)20)25-12-17(21,22)23/h13-14H,5-12H2,1-4H3/t14-/m1/s1. The molecule has 0 heterocycles. The van der Waals surface area contributed by atoms with E-state index in [-0.39, 0.29) is 6.42 Å². The molecular formula is C17H30F6O2. The molecule has 0 aliphatic rings. The second-order valence-electron chi connectivity index (χ2n) is 7.26. The molecule has 8 heteroatoms. The molecule has 0 saturated carbocycles. The van der Waals surface area contributed by atoms with Crippen LogP contribution in [0.15, 0.2) is 0 Å². The molecule has 0 fully saturated rings. The lowest BCUT2D eigenvalue weighted by atomic mass is 9.94. The Kier molecular flexibility index (Phi) is 10.4. The summed E-state index contributed by atoms with van der Waals surface area (Å²) in [6.07, 6.45) is -4.96. The molecule has 1 atom stereocenters. The average molecular weight is 380 g/mol. The van der Waals surface area contributed by atoms with Gasteiger partial charge in [0, 0.05) is 6.42 Å². The minimum Gasteiger partial charge on any atom is -0.341 e. The molecule has 0 saturated heterocycles. The van der Waals surface area contributed by atoms with Crippen LogP contribution >= 0.6 is 0 Å². The molecule has 0 aromatic carbocycles. The second-order valence-corrected chi connectivity index (χ2v) is 7.26. The quantitative estimate of drug-likeness (QED) is 0.284. The fraction of sp³-hybridized carbons (Fsp3) is 1.00. The van der Waals surface area contributed by atoms with Gasteiger partial charge >= 0.3 is 12.4 Å². The summed E-state index contributed by atoms with van der Waals surface area (Å²) in [5.74, 6) is -0.932. The lowest BCUT2D eigenvalue weighted by molar-refractivity contribution is -0.305. The molecule has 0 aliphatic carbocycles. The van der Waals surface area contributed by atoms with E-state index < -0.39 is 31.4 Å². The third-order valence-corrected chi connectivity index (χ3v) is 3.89. The molecule has 0 amide bonds. The summed E-state index contributed by atoms with van der Waals surface area (Å²) in [6.45, 7) is 4.16. The zero-order chi connectivity index (χ0) is 19.7. The first-order chi connectivity index (χ1) is 11.2. The first-order valence-corrected chi connectivity index (χ1v) is 8.64. The first-order valence-electron chi connectivity index (χ1n) is 8.64. The largest absolute Gasteiger partial charge is 0.411 e. The van der Waals surface area contributed by atoms with Gasteiger partial charge in [-0.3, -0.25) is 0 Å². The second kappa shape index (κ2) is 10.6. The highest BCUT2D eigenvalue weighted by Crippen LogP contribution is 2.29. The van der Waals surface area contributed by atoms with E-state index in [1.807, 2.05) is 6.92 Å². The average Bonchev–Trinajstić information content (AvgIpc) is 2.41. The van der Waals surface area contributed by atoms with Gasteiger partial charge in [0.25, 0.3) is 0 Å². The first kappa shape index (κ1) is 24.5. The van der Waals surface area contributed by atoms with Crippen molar-refractivity contribution in [1.29, 1.82) is 0 Å². The maximum Gasteiger partial charge on any atom is 0.411 e. The van der Waals surface area contributed by atoms with Gasteiger partial charge in [-0.25, -0.2) is 0 Å². The molecule has 0 unspecified atom stereocenters. The topological polar surface area (TPSA) is 18.5 Å². The smallest absolute Gasteiger partial charge is 0.341 e. The minimum absolute atomic E-state index is 0.0202. The summed E-state index contributed by atoms with van der Waals surface area (Å²) >= 11 is 0. The fourth-order valence-corrected chi connectivity index (χ4v) is 2.45. The van der Waals surface area contributed by atoms with Crippen molar-refractivity contribution >= 4 is 0 Å². The van der Waals surface area contributed by atoms with Crippen LogP contribution in [-0.2, 0) is 9.47 Å². The number of halogens is 6. The Morgan fingerprint density at radius 3 is 1.56 bits per heavy atom. The highest BCUT2D eigenvalue weighted by Gasteiger charge is 2.38. The van der Waals surface area contributed by atoms with Crippen molar-refractivity contribution in [3.8, 4) is 0 Å². The number of ether oxygens (including phenoxy) is 2. The molecule has 2 nitrogen and oxygen atoms in total. The Morgan fingerprint density at radius 1 is 0.720 bits per heavy atom. The van der Waals surface area contributed by atoms with E-state index in [1.54, 1.807) is 0 Å². The highest BCUT2D eigenvalue weighted by molar-refractivity contribution is 4.68. The van der Waals surface area contributed by atoms with E-state index in [4.69, 9.17) is 0 Å². The number of hydrogen-bond donors (Lipinski definition) is 0. The maximum absolute atomic E-state index is 12.3. The van der Waals surface area contributed by atoms with Crippen LogP contribution in [0, 0.1) is 11.8 Å². The molecular weight excluding hydrogens is 350 g/mol. The Bertz CT molecular complexity index is 334. The van der Waals surface area contributed by atoms with Gasteiger partial charge in [-0.2, -0.15) is 26.3 Å². The van der Waals surface area contributed by atoms with Gasteiger partial charge < -0.3 is 9.47 Å². The van der Waals surface area contributed by atoms with Crippen LogP contribution in [0.25, 0.3) is 0 Å². The maximum atomic E-state index is 12.3. The Hall–Kier alpha value is -0.500. The van der Waals surface area contributed by atoms with Crippen molar-refractivity contribution in [3.05, 3.63) is 0 Å². The van der Waals surface area contributed by atoms with Crippen molar-refractivity contribution in [2.45, 2.75) is 84.4 Å². The Morgan fingerprint density at radius 2 is 1.16 bits per heavy atom. The van der Waals surface area contributed by atoms with E-state index in [0.717, 1.165) is 26.2 Å². The van der Waals surface area contributed by atoms with Gasteiger partial charge in [-0.15, -0.1) is 0 Å². The molecule has 0 rings (SSSR count). The molecule has 152 valence electrons.